The first-order valence-electron chi connectivity index (χ1n) is 5.65. The molecule has 0 aromatic carbocycles. The molecule has 2 unspecified atom stereocenters. The highest BCUT2D eigenvalue weighted by Crippen LogP contribution is 2.12. The van der Waals surface area contributed by atoms with Gasteiger partial charge < -0.3 is 14.7 Å². The average Bonchev–Trinajstić information content (AvgIpc) is 2.60. The predicted molar refractivity (Wildman–Crippen MR) is 57.4 cm³/mol. The van der Waals surface area contributed by atoms with Gasteiger partial charge in [-0.1, -0.05) is 0 Å². The monoisotopic (exact) mass is 201 g/mol. The second-order valence-electron chi connectivity index (χ2n) is 4.29. The summed E-state index contributed by atoms with van der Waals surface area (Å²) in [7, 11) is 1.79. The summed E-state index contributed by atoms with van der Waals surface area (Å²) in [6.45, 7) is 5.28. The van der Waals surface area contributed by atoms with Crippen LogP contribution in [0.1, 0.15) is 32.6 Å². The Labute approximate surface area is 87.1 Å². The van der Waals surface area contributed by atoms with Crippen molar-refractivity contribution in [3.8, 4) is 0 Å². The van der Waals surface area contributed by atoms with Crippen LogP contribution in [0.4, 0.5) is 0 Å². The molecule has 1 saturated heterocycles. The van der Waals surface area contributed by atoms with Crippen LogP contribution in [0.2, 0.25) is 0 Å². The van der Waals surface area contributed by atoms with Crippen molar-refractivity contribution in [2.75, 3.05) is 26.7 Å². The van der Waals surface area contributed by atoms with Crippen molar-refractivity contribution in [1.82, 2.24) is 4.90 Å². The zero-order valence-electron chi connectivity index (χ0n) is 9.41. The molecule has 0 bridgehead atoms. The van der Waals surface area contributed by atoms with E-state index in [9.17, 15) is 0 Å². The number of hydrogen-bond acceptors (Lipinski definition) is 3. The molecule has 1 aliphatic rings. The quantitative estimate of drug-likeness (QED) is 0.657. The molecule has 14 heavy (non-hydrogen) atoms. The van der Waals surface area contributed by atoms with Crippen LogP contribution in [0.3, 0.4) is 0 Å². The Kier molecular flexibility index (Phi) is 5.45. The average molecular weight is 201 g/mol. The first kappa shape index (κ1) is 12.0. The molecule has 2 atom stereocenters. The summed E-state index contributed by atoms with van der Waals surface area (Å²) < 4.78 is 5.30. The lowest BCUT2D eigenvalue weighted by Crippen LogP contribution is -2.24. The molecule has 84 valence electrons. The number of hydrogen-bond donors (Lipinski definition) is 1. The van der Waals surface area contributed by atoms with Crippen LogP contribution in [0.5, 0.6) is 0 Å². The van der Waals surface area contributed by atoms with Gasteiger partial charge in [-0.25, -0.2) is 0 Å². The molecule has 0 saturated carbocycles. The molecule has 1 rings (SSSR count). The lowest BCUT2D eigenvalue weighted by atomic mass is 10.2. The number of ether oxygens (including phenoxy) is 1. The Hall–Kier alpha value is -0.120. The maximum atomic E-state index is 9.09. The Morgan fingerprint density at radius 3 is 2.86 bits per heavy atom. The fourth-order valence-electron chi connectivity index (χ4n) is 1.97. The Morgan fingerprint density at radius 2 is 2.29 bits per heavy atom. The fourth-order valence-corrected chi connectivity index (χ4v) is 1.97. The van der Waals surface area contributed by atoms with E-state index in [0.717, 1.165) is 25.9 Å². The Morgan fingerprint density at radius 1 is 1.50 bits per heavy atom. The van der Waals surface area contributed by atoms with Crippen molar-refractivity contribution in [2.45, 2.75) is 44.8 Å². The van der Waals surface area contributed by atoms with E-state index >= 15 is 0 Å². The molecular weight excluding hydrogens is 178 g/mol. The molecular formula is C11H23NO2. The summed E-state index contributed by atoms with van der Waals surface area (Å²) in [5.41, 5.74) is 0. The summed E-state index contributed by atoms with van der Waals surface area (Å²) in [5.74, 6) is 0. The van der Waals surface area contributed by atoms with Crippen molar-refractivity contribution in [3.05, 3.63) is 0 Å². The van der Waals surface area contributed by atoms with E-state index in [-0.39, 0.29) is 6.10 Å². The van der Waals surface area contributed by atoms with Gasteiger partial charge in [0.2, 0.25) is 0 Å². The minimum Gasteiger partial charge on any atom is -0.393 e. The molecule has 3 heteroatoms. The summed E-state index contributed by atoms with van der Waals surface area (Å²) in [5, 5.41) is 9.09. The van der Waals surface area contributed by atoms with Gasteiger partial charge in [-0.15, -0.1) is 0 Å². The van der Waals surface area contributed by atoms with Gasteiger partial charge in [0.25, 0.3) is 0 Å². The van der Waals surface area contributed by atoms with E-state index in [4.69, 9.17) is 9.84 Å². The van der Waals surface area contributed by atoms with Gasteiger partial charge in [-0.05, 0) is 39.2 Å². The van der Waals surface area contributed by atoms with E-state index in [2.05, 4.69) is 4.90 Å². The molecule has 0 spiro atoms. The van der Waals surface area contributed by atoms with E-state index < -0.39 is 0 Å². The molecule has 3 nitrogen and oxygen atoms in total. The first-order chi connectivity index (χ1) is 6.72. The van der Waals surface area contributed by atoms with Gasteiger partial charge in [-0.2, -0.15) is 0 Å². The zero-order chi connectivity index (χ0) is 10.4. The topological polar surface area (TPSA) is 32.7 Å². The van der Waals surface area contributed by atoms with Crippen LogP contribution in [-0.4, -0.2) is 49.0 Å². The van der Waals surface area contributed by atoms with Crippen LogP contribution in [0, 0.1) is 0 Å². The van der Waals surface area contributed by atoms with Crippen LogP contribution in [-0.2, 0) is 4.74 Å². The molecule has 1 fully saturated rings. The van der Waals surface area contributed by atoms with E-state index in [0.29, 0.717) is 6.10 Å². The van der Waals surface area contributed by atoms with Crippen molar-refractivity contribution in [1.29, 1.82) is 0 Å². The highest BCUT2D eigenvalue weighted by molar-refractivity contribution is 4.75. The molecule has 1 heterocycles. The zero-order valence-corrected chi connectivity index (χ0v) is 9.41. The normalized spacial score (nSPS) is 25.5. The predicted octanol–water partition coefficient (Wildman–Crippen LogP) is 1.26. The van der Waals surface area contributed by atoms with E-state index in [1.807, 2.05) is 6.92 Å². The number of rotatable bonds is 6. The van der Waals surface area contributed by atoms with Crippen LogP contribution in [0.15, 0.2) is 0 Å². The van der Waals surface area contributed by atoms with Crippen molar-refractivity contribution in [2.24, 2.45) is 0 Å². The minimum atomic E-state index is -0.139. The number of likely N-dealkylation sites (tertiary alicyclic amines) is 1. The third kappa shape index (κ3) is 4.40. The highest BCUT2D eigenvalue weighted by atomic mass is 16.5. The summed E-state index contributed by atoms with van der Waals surface area (Å²) in [6, 6.07) is 0. The Balaban J connectivity index is 1.97. The van der Waals surface area contributed by atoms with Gasteiger partial charge >= 0.3 is 0 Å². The van der Waals surface area contributed by atoms with Crippen molar-refractivity contribution < 1.29 is 9.84 Å². The first-order valence-corrected chi connectivity index (χ1v) is 5.65. The second-order valence-corrected chi connectivity index (χ2v) is 4.29. The minimum absolute atomic E-state index is 0.139. The van der Waals surface area contributed by atoms with Crippen molar-refractivity contribution in [3.63, 3.8) is 0 Å². The maximum absolute atomic E-state index is 9.09. The number of methoxy groups -OCH3 is 1. The number of aliphatic hydroxyl groups excluding tert-OH is 1. The fraction of sp³-hybridized carbons (Fsp3) is 1.00. The third-order valence-corrected chi connectivity index (χ3v) is 2.91. The molecule has 1 N–H and O–H groups in total. The summed E-state index contributed by atoms with van der Waals surface area (Å²) >= 11 is 0. The van der Waals surface area contributed by atoms with Gasteiger partial charge in [0.05, 0.1) is 12.2 Å². The SMILES string of the molecule is COC1CCN(CCCCC(C)O)C1. The molecule has 0 aromatic rings. The number of nitrogens with zero attached hydrogens (tertiary/aromatic N) is 1. The van der Waals surface area contributed by atoms with E-state index in [1.165, 1.54) is 19.4 Å². The molecule has 0 aromatic heterocycles. The largest absolute Gasteiger partial charge is 0.393 e. The van der Waals surface area contributed by atoms with Gasteiger partial charge in [0, 0.05) is 20.2 Å². The van der Waals surface area contributed by atoms with E-state index in [1.54, 1.807) is 7.11 Å². The number of unbranched alkanes of at least 4 members (excludes halogenated alkanes) is 1. The highest BCUT2D eigenvalue weighted by Gasteiger charge is 2.20. The molecule has 1 aliphatic heterocycles. The second kappa shape index (κ2) is 6.38. The van der Waals surface area contributed by atoms with Crippen molar-refractivity contribution >= 4 is 0 Å². The molecule has 0 amide bonds. The lowest BCUT2D eigenvalue weighted by molar-refractivity contribution is 0.107. The van der Waals surface area contributed by atoms with Crippen LogP contribution < -0.4 is 0 Å². The number of aliphatic hydroxyl groups is 1. The van der Waals surface area contributed by atoms with Gasteiger partial charge in [-0.3, -0.25) is 0 Å². The van der Waals surface area contributed by atoms with Gasteiger partial charge in [0.1, 0.15) is 0 Å². The van der Waals surface area contributed by atoms with Crippen LogP contribution >= 0.6 is 0 Å². The maximum Gasteiger partial charge on any atom is 0.0710 e. The third-order valence-electron chi connectivity index (χ3n) is 2.91. The standard InChI is InChI=1S/C11H23NO2/c1-10(13)5-3-4-7-12-8-6-11(9-12)14-2/h10-11,13H,3-9H2,1-2H3. The lowest BCUT2D eigenvalue weighted by Gasteiger charge is -2.15. The molecule has 0 aliphatic carbocycles. The smallest absolute Gasteiger partial charge is 0.0710 e. The summed E-state index contributed by atoms with van der Waals surface area (Å²) in [6.07, 6.45) is 4.74. The van der Waals surface area contributed by atoms with Crippen LogP contribution in [0.25, 0.3) is 0 Å². The molecule has 0 radical (unpaired) electrons. The Bertz CT molecular complexity index is 150. The van der Waals surface area contributed by atoms with Gasteiger partial charge in [0.15, 0.2) is 0 Å². The summed E-state index contributed by atoms with van der Waals surface area (Å²) in [4.78, 5) is 2.45.